The van der Waals surface area contributed by atoms with E-state index in [9.17, 15) is 31.7 Å². The predicted molar refractivity (Wildman–Crippen MR) is 121 cm³/mol. The lowest BCUT2D eigenvalue weighted by Crippen LogP contribution is -2.14. The highest BCUT2D eigenvalue weighted by molar-refractivity contribution is 7.90. The van der Waals surface area contributed by atoms with Gasteiger partial charge in [-0.3, -0.25) is 10.1 Å². The highest BCUT2D eigenvalue weighted by atomic mass is 32.2. The van der Waals surface area contributed by atoms with Crippen molar-refractivity contribution in [3.63, 3.8) is 0 Å². The Kier molecular flexibility index (Phi) is 5.94. The molecule has 0 aliphatic heterocycles. The summed E-state index contributed by atoms with van der Waals surface area (Å²) in [5.74, 6) is -0.959. The van der Waals surface area contributed by atoms with Crippen molar-refractivity contribution in [1.29, 1.82) is 0 Å². The summed E-state index contributed by atoms with van der Waals surface area (Å²) in [5.41, 5.74) is -1.63. The number of rotatable bonds is 7. The second kappa shape index (κ2) is 8.72. The van der Waals surface area contributed by atoms with E-state index in [1.165, 1.54) is 48.5 Å². The monoisotopic (exact) mass is 501 g/mol. The van der Waals surface area contributed by atoms with Gasteiger partial charge in [0, 0.05) is 17.5 Å². The summed E-state index contributed by atoms with van der Waals surface area (Å²) < 4.78 is 60.9. The number of fused-ring (bicyclic) bond motifs is 1. The first kappa shape index (κ1) is 23.1. The maximum atomic E-state index is 12.7. The summed E-state index contributed by atoms with van der Waals surface area (Å²) in [6, 6.07) is 17.2. The molecular weight excluding hydrogens is 486 g/mol. The van der Waals surface area contributed by atoms with Crippen LogP contribution in [0.2, 0.25) is 0 Å². The highest BCUT2D eigenvalue weighted by Crippen LogP contribution is 2.29. The fourth-order valence-corrected chi connectivity index (χ4v) is 5.43. The summed E-state index contributed by atoms with van der Waals surface area (Å²) in [6.07, 6.45) is 0. The molecule has 174 valence electrons. The van der Waals surface area contributed by atoms with E-state index < -0.39 is 36.3 Å². The average Bonchev–Trinajstić information content (AvgIpc) is 2.80. The van der Waals surface area contributed by atoms with Crippen molar-refractivity contribution in [1.82, 2.24) is 0 Å². The van der Waals surface area contributed by atoms with Crippen LogP contribution in [0, 0.1) is 10.1 Å². The number of benzene rings is 3. The molecule has 3 aromatic carbocycles. The number of nitrogens with zero attached hydrogens (tertiary/aromatic N) is 1. The molecule has 0 spiro atoms. The molecule has 0 radical (unpaired) electrons. The molecule has 12 heteroatoms. The molecule has 0 amide bonds. The van der Waals surface area contributed by atoms with Gasteiger partial charge >= 0.3 is 15.7 Å². The molecule has 0 N–H and O–H groups in total. The van der Waals surface area contributed by atoms with E-state index in [2.05, 4.69) is 0 Å². The Morgan fingerprint density at radius 1 is 0.853 bits per heavy atom. The van der Waals surface area contributed by atoms with Crippen LogP contribution in [0.4, 0.5) is 5.69 Å². The second-order valence-corrected chi connectivity index (χ2v) is 10.6. The van der Waals surface area contributed by atoms with Gasteiger partial charge in [-0.25, -0.2) is 13.2 Å². The van der Waals surface area contributed by atoms with E-state index >= 15 is 0 Å². The number of sulfone groups is 1. The fourth-order valence-electron chi connectivity index (χ4n) is 3.14. The van der Waals surface area contributed by atoms with Gasteiger partial charge in [0.2, 0.25) is 0 Å². The first-order valence-electron chi connectivity index (χ1n) is 9.59. The van der Waals surface area contributed by atoms with Gasteiger partial charge in [0.1, 0.15) is 4.90 Å². The van der Waals surface area contributed by atoms with Crippen LogP contribution in [0.15, 0.2) is 97.9 Å². The molecule has 0 aliphatic rings. The lowest BCUT2D eigenvalue weighted by atomic mass is 10.2. The summed E-state index contributed by atoms with van der Waals surface area (Å²) in [5, 5.41) is 11.0. The Balaban J connectivity index is 1.68. The van der Waals surface area contributed by atoms with E-state index in [1.807, 2.05) is 0 Å². The smallest absolute Gasteiger partial charge is 0.340 e. The number of hydrogen-bond acceptors (Lipinski definition) is 9. The van der Waals surface area contributed by atoms with Gasteiger partial charge in [-0.2, -0.15) is 8.42 Å². The van der Waals surface area contributed by atoms with Crippen LogP contribution in [0.3, 0.4) is 0 Å². The number of hydrogen-bond donors (Lipinski definition) is 0. The van der Waals surface area contributed by atoms with Crippen LogP contribution in [0.1, 0.15) is 5.56 Å². The van der Waals surface area contributed by atoms with Crippen LogP contribution in [0.5, 0.6) is 5.75 Å². The molecule has 34 heavy (non-hydrogen) atoms. The standard InChI is InChI=1S/C22H15NO9S2/c24-22-16(14-33(27,28)18-11-9-17(10-12-18)23(25)26)13-15-5-4-8-20(21(15)31-22)32-34(29,30)19-6-2-1-3-7-19/h1-13H,14H2. The number of non-ortho nitro benzene ring substituents is 1. The Morgan fingerprint density at radius 3 is 2.18 bits per heavy atom. The first-order valence-corrected chi connectivity index (χ1v) is 12.7. The minimum Gasteiger partial charge on any atom is -0.418 e. The fraction of sp³-hybridized carbons (Fsp3) is 0.0455. The van der Waals surface area contributed by atoms with Crippen molar-refractivity contribution in [2.75, 3.05) is 0 Å². The van der Waals surface area contributed by atoms with Gasteiger partial charge in [0.05, 0.1) is 21.1 Å². The number of nitro benzene ring substituents is 1. The van der Waals surface area contributed by atoms with E-state index in [4.69, 9.17) is 8.60 Å². The van der Waals surface area contributed by atoms with Crippen molar-refractivity contribution in [2.24, 2.45) is 0 Å². The van der Waals surface area contributed by atoms with Gasteiger partial charge in [0.15, 0.2) is 21.2 Å². The Hall–Kier alpha value is -4.03. The quantitative estimate of drug-likeness (QED) is 0.160. The van der Waals surface area contributed by atoms with Gasteiger partial charge in [0.25, 0.3) is 5.69 Å². The largest absolute Gasteiger partial charge is 0.418 e. The molecule has 0 aliphatic carbocycles. The first-order chi connectivity index (χ1) is 16.1. The molecule has 0 saturated heterocycles. The Bertz CT molecular complexity index is 1660. The van der Waals surface area contributed by atoms with Crippen LogP contribution in [0.25, 0.3) is 11.0 Å². The second-order valence-electron chi connectivity index (χ2n) is 7.09. The molecule has 1 heterocycles. The molecule has 0 bridgehead atoms. The third-order valence-electron chi connectivity index (χ3n) is 4.78. The van der Waals surface area contributed by atoms with Crippen molar-refractivity contribution in [3.05, 3.63) is 105 Å². The van der Waals surface area contributed by atoms with E-state index in [0.29, 0.717) is 0 Å². The minimum atomic E-state index is -4.21. The number of nitro groups is 1. The van der Waals surface area contributed by atoms with E-state index in [1.54, 1.807) is 6.07 Å². The van der Waals surface area contributed by atoms with Crippen molar-refractivity contribution < 1.29 is 30.4 Å². The summed E-state index contributed by atoms with van der Waals surface area (Å²) in [6.45, 7) is 0. The molecule has 0 fully saturated rings. The van der Waals surface area contributed by atoms with E-state index in [-0.39, 0.29) is 37.8 Å². The molecule has 10 nitrogen and oxygen atoms in total. The average molecular weight is 501 g/mol. The highest BCUT2D eigenvalue weighted by Gasteiger charge is 2.22. The van der Waals surface area contributed by atoms with Crippen LogP contribution >= 0.6 is 0 Å². The topological polar surface area (TPSA) is 151 Å². The minimum absolute atomic E-state index is 0.0971. The van der Waals surface area contributed by atoms with E-state index in [0.717, 1.165) is 24.3 Å². The zero-order valence-corrected chi connectivity index (χ0v) is 18.8. The molecule has 1 aromatic heterocycles. The van der Waals surface area contributed by atoms with Crippen LogP contribution in [-0.4, -0.2) is 21.8 Å². The van der Waals surface area contributed by atoms with Crippen molar-refractivity contribution in [2.45, 2.75) is 15.5 Å². The molecule has 4 aromatic rings. The zero-order valence-electron chi connectivity index (χ0n) is 17.2. The molecule has 0 atom stereocenters. The zero-order chi connectivity index (χ0) is 24.5. The van der Waals surface area contributed by atoms with Gasteiger partial charge in [-0.05, 0) is 36.4 Å². The van der Waals surface area contributed by atoms with Crippen molar-refractivity contribution >= 4 is 36.6 Å². The van der Waals surface area contributed by atoms with Crippen LogP contribution < -0.4 is 9.81 Å². The van der Waals surface area contributed by atoms with Gasteiger partial charge in [-0.1, -0.05) is 30.3 Å². The molecular formula is C22H15NO9S2. The van der Waals surface area contributed by atoms with Crippen LogP contribution in [-0.2, 0) is 25.7 Å². The summed E-state index contributed by atoms with van der Waals surface area (Å²) >= 11 is 0. The lowest BCUT2D eigenvalue weighted by Gasteiger charge is -2.09. The SMILES string of the molecule is O=c1oc2c(OS(=O)(=O)c3ccccc3)cccc2cc1CS(=O)(=O)c1ccc([N+](=O)[O-])cc1. The normalized spacial score (nSPS) is 11.9. The third-order valence-corrected chi connectivity index (χ3v) is 7.71. The molecule has 4 rings (SSSR count). The number of para-hydroxylation sites is 1. The third kappa shape index (κ3) is 4.67. The lowest BCUT2D eigenvalue weighted by molar-refractivity contribution is -0.384. The molecule has 0 unspecified atom stereocenters. The predicted octanol–water partition coefficient (Wildman–Crippen LogP) is 3.44. The molecule has 0 saturated carbocycles. The van der Waals surface area contributed by atoms with Gasteiger partial charge in [-0.15, -0.1) is 0 Å². The maximum absolute atomic E-state index is 12.7. The Labute approximate surface area is 193 Å². The Morgan fingerprint density at radius 2 is 1.53 bits per heavy atom. The van der Waals surface area contributed by atoms with Gasteiger partial charge < -0.3 is 8.60 Å². The van der Waals surface area contributed by atoms with Crippen molar-refractivity contribution in [3.8, 4) is 5.75 Å². The maximum Gasteiger partial charge on any atom is 0.340 e. The summed E-state index contributed by atoms with van der Waals surface area (Å²) in [4.78, 5) is 22.4. The summed E-state index contributed by atoms with van der Waals surface area (Å²) in [7, 11) is -8.24.